The third-order valence-corrected chi connectivity index (χ3v) is 11.0. The summed E-state index contributed by atoms with van der Waals surface area (Å²) in [6.45, 7) is 15.4. The van der Waals surface area contributed by atoms with Gasteiger partial charge in [-0.25, -0.2) is 0 Å². The molecular formula is C35H49NO2. The number of allylic oxidation sites excluding steroid dienone is 1. The Balaban J connectivity index is 1.60. The molecule has 3 heteroatoms. The molecular weight excluding hydrogens is 466 g/mol. The Morgan fingerprint density at radius 1 is 1.08 bits per heavy atom. The van der Waals surface area contributed by atoms with E-state index < -0.39 is 5.60 Å². The van der Waals surface area contributed by atoms with E-state index in [2.05, 4.69) is 96.5 Å². The number of carbonyl (C=O) groups excluding carboxylic acids is 1. The van der Waals surface area contributed by atoms with Gasteiger partial charge in [-0.15, -0.1) is 0 Å². The van der Waals surface area contributed by atoms with Crippen molar-refractivity contribution >= 4 is 11.5 Å². The van der Waals surface area contributed by atoms with Crippen LogP contribution in [0.25, 0.3) is 0 Å². The van der Waals surface area contributed by atoms with E-state index in [9.17, 15) is 9.90 Å². The van der Waals surface area contributed by atoms with Crippen molar-refractivity contribution in [3.05, 3.63) is 41.5 Å². The van der Waals surface area contributed by atoms with Crippen molar-refractivity contribution in [3.8, 4) is 11.8 Å². The van der Waals surface area contributed by atoms with Gasteiger partial charge in [0, 0.05) is 36.0 Å². The topological polar surface area (TPSA) is 40.5 Å². The minimum atomic E-state index is -0.982. The fourth-order valence-corrected chi connectivity index (χ4v) is 8.79. The zero-order valence-corrected chi connectivity index (χ0v) is 25.0. The second kappa shape index (κ2) is 9.55. The molecule has 8 atom stereocenters. The van der Waals surface area contributed by atoms with Gasteiger partial charge in [0.15, 0.2) is 5.78 Å². The van der Waals surface area contributed by atoms with Crippen LogP contribution in [0.5, 0.6) is 0 Å². The van der Waals surface area contributed by atoms with Crippen molar-refractivity contribution in [2.24, 2.45) is 40.4 Å². The van der Waals surface area contributed by atoms with E-state index in [0.717, 1.165) is 32.1 Å². The number of nitrogens with zero attached hydrogens (tertiary/aromatic N) is 1. The maximum absolute atomic E-state index is 12.4. The SMILES string of the molecule is CC(C)N(C)c1ccc([C@H]2C[C@@]3(C)[C@@H](C[C@@H](C)[C@@]3(O)C#CC(C)(C)C)[C@@H]3CCC4=CC(=O)CC[C@@H]4[C@H]32)cc1. The number of rotatable bonds is 3. The van der Waals surface area contributed by atoms with Crippen LogP contribution in [0.3, 0.4) is 0 Å². The van der Waals surface area contributed by atoms with Crippen LogP contribution in [0.2, 0.25) is 0 Å². The third-order valence-electron chi connectivity index (χ3n) is 11.0. The van der Waals surface area contributed by atoms with Crippen molar-refractivity contribution in [1.82, 2.24) is 0 Å². The van der Waals surface area contributed by atoms with Gasteiger partial charge in [-0.2, -0.15) is 0 Å². The van der Waals surface area contributed by atoms with Gasteiger partial charge in [-0.05, 0) is 126 Å². The summed E-state index contributed by atoms with van der Waals surface area (Å²) in [5.74, 6) is 9.80. The molecule has 0 aromatic heterocycles. The van der Waals surface area contributed by atoms with Gasteiger partial charge in [0.1, 0.15) is 5.60 Å². The van der Waals surface area contributed by atoms with Crippen LogP contribution >= 0.6 is 0 Å². The molecule has 0 amide bonds. The lowest BCUT2D eigenvalue weighted by Gasteiger charge is -2.58. The van der Waals surface area contributed by atoms with Gasteiger partial charge >= 0.3 is 0 Å². The highest BCUT2D eigenvalue weighted by Crippen LogP contribution is 2.69. The average molecular weight is 516 g/mol. The van der Waals surface area contributed by atoms with Crippen LogP contribution in [-0.2, 0) is 4.79 Å². The van der Waals surface area contributed by atoms with Crippen LogP contribution in [0.4, 0.5) is 5.69 Å². The second-order valence-corrected chi connectivity index (χ2v) is 14.6. The number of anilines is 1. The fraction of sp³-hybridized carbons (Fsp3) is 0.686. The van der Waals surface area contributed by atoms with Gasteiger partial charge in [0.25, 0.3) is 0 Å². The first kappa shape index (κ1) is 27.5. The molecule has 0 aliphatic heterocycles. The summed E-state index contributed by atoms with van der Waals surface area (Å²) in [5, 5.41) is 12.4. The normalized spacial score (nSPS) is 38.5. The van der Waals surface area contributed by atoms with E-state index >= 15 is 0 Å². The maximum Gasteiger partial charge on any atom is 0.155 e. The predicted molar refractivity (Wildman–Crippen MR) is 157 cm³/mol. The van der Waals surface area contributed by atoms with Crippen LogP contribution in [-0.4, -0.2) is 29.6 Å². The molecule has 1 N–H and O–H groups in total. The Morgan fingerprint density at radius 3 is 2.39 bits per heavy atom. The Hall–Kier alpha value is -2.05. The number of fused-ring (bicyclic) bond motifs is 5. The first-order chi connectivity index (χ1) is 17.7. The Labute approximate surface area is 231 Å². The summed E-state index contributed by atoms with van der Waals surface area (Å²) < 4.78 is 0. The average Bonchev–Trinajstić information content (AvgIpc) is 3.06. The molecule has 1 aromatic rings. The molecule has 0 radical (unpaired) electrons. The van der Waals surface area contributed by atoms with E-state index in [1.807, 2.05) is 6.08 Å². The summed E-state index contributed by atoms with van der Waals surface area (Å²) >= 11 is 0. The molecule has 0 saturated heterocycles. The lowest BCUT2D eigenvalue weighted by atomic mass is 9.46. The molecule has 0 spiro atoms. The molecule has 3 saturated carbocycles. The maximum atomic E-state index is 12.4. The summed E-state index contributed by atoms with van der Waals surface area (Å²) in [4.78, 5) is 14.7. The number of ketones is 1. The van der Waals surface area contributed by atoms with E-state index in [0.29, 0.717) is 47.8 Å². The highest BCUT2D eigenvalue weighted by Gasteiger charge is 2.67. The first-order valence-electron chi connectivity index (χ1n) is 15.1. The Bertz CT molecular complexity index is 1160. The lowest BCUT2D eigenvalue weighted by Crippen LogP contribution is -2.55. The molecule has 4 aliphatic carbocycles. The fourth-order valence-electron chi connectivity index (χ4n) is 8.79. The molecule has 4 aliphatic rings. The molecule has 5 rings (SSSR count). The van der Waals surface area contributed by atoms with E-state index in [1.165, 1.54) is 16.8 Å². The van der Waals surface area contributed by atoms with Crippen molar-refractivity contribution < 1.29 is 9.90 Å². The largest absolute Gasteiger partial charge is 0.377 e. The van der Waals surface area contributed by atoms with Gasteiger partial charge in [0.2, 0.25) is 0 Å². The van der Waals surface area contributed by atoms with Crippen LogP contribution in [0, 0.1) is 52.3 Å². The Kier molecular flexibility index (Phi) is 6.91. The number of carbonyl (C=O) groups is 1. The molecule has 0 heterocycles. The van der Waals surface area contributed by atoms with Crippen LogP contribution in [0.1, 0.15) is 98.5 Å². The minimum absolute atomic E-state index is 0.141. The monoisotopic (exact) mass is 515 g/mol. The second-order valence-electron chi connectivity index (χ2n) is 14.6. The summed E-state index contributed by atoms with van der Waals surface area (Å²) in [6, 6.07) is 9.71. The number of hydrogen-bond acceptors (Lipinski definition) is 3. The lowest BCUT2D eigenvalue weighted by molar-refractivity contribution is -0.117. The standard InChI is InChI=1S/C35H49NO2/c1-22(2)36(8)26-12-9-24(10-13-26)30-21-34(7)31(19-23(3)35(34,38)18-17-33(4,5)6)29-15-11-25-20-27(37)14-16-28(25)32(29)30/h9-10,12-13,20,22-23,28-32,38H,11,14-16,19,21H2,1-8H3/t23-,28+,29+,30-,31+,32-,34+,35+/m1/s1. The van der Waals surface area contributed by atoms with E-state index in [1.54, 1.807) is 0 Å². The van der Waals surface area contributed by atoms with Crippen LogP contribution < -0.4 is 4.90 Å². The highest BCUT2D eigenvalue weighted by molar-refractivity contribution is 5.91. The van der Waals surface area contributed by atoms with Crippen molar-refractivity contribution in [2.75, 3.05) is 11.9 Å². The van der Waals surface area contributed by atoms with E-state index in [4.69, 9.17) is 0 Å². The molecule has 3 fully saturated rings. The molecule has 1 aromatic carbocycles. The van der Waals surface area contributed by atoms with Gasteiger partial charge in [-0.3, -0.25) is 4.79 Å². The van der Waals surface area contributed by atoms with Gasteiger partial charge in [-0.1, -0.05) is 43.4 Å². The summed E-state index contributed by atoms with van der Waals surface area (Å²) in [6.07, 6.45) is 7.83. The molecule has 206 valence electrons. The van der Waals surface area contributed by atoms with Crippen LogP contribution in [0.15, 0.2) is 35.9 Å². The molecule has 0 bridgehead atoms. The minimum Gasteiger partial charge on any atom is -0.377 e. The van der Waals surface area contributed by atoms with Crippen molar-refractivity contribution in [3.63, 3.8) is 0 Å². The molecule has 3 nitrogen and oxygen atoms in total. The third kappa shape index (κ3) is 4.46. The molecule has 0 unspecified atom stereocenters. The first-order valence-corrected chi connectivity index (χ1v) is 15.1. The number of hydrogen-bond donors (Lipinski definition) is 1. The Morgan fingerprint density at radius 2 is 1.76 bits per heavy atom. The number of benzene rings is 1. The van der Waals surface area contributed by atoms with Gasteiger partial charge in [0.05, 0.1) is 0 Å². The summed E-state index contributed by atoms with van der Waals surface area (Å²) in [7, 11) is 2.16. The van der Waals surface area contributed by atoms with Crippen molar-refractivity contribution in [1.29, 1.82) is 0 Å². The quantitative estimate of drug-likeness (QED) is 0.427. The molecule has 38 heavy (non-hydrogen) atoms. The zero-order chi connectivity index (χ0) is 27.6. The van der Waals surface area contributed by atoms with E-state index in [-0.39, 0.29) is 16.7 Å². The summed E-state index contributed by atoms with van der Waals surface area (Å²) in [5.41, 5.74) is 2.67. The zero-order valence-electron chi connectivity index (χ0n) is 25.0. The van der Waals surface area contributed by atoms with Gasteiger partial charge < -0.3 is 10.0 Å². The number of aliphatic hydroxyl groups is 1. The predicted octanol–water partition coefficient (Wildman–Crippen LogP) is 7.39. The van der Waals surface area contributed by atoms with Crippen molar-refractivity contribution in [2.45, 2.75) is 105 Å². The smallest absolute Gasteiger partial charge is 0.155 e. The highest BCUT2D eigenvalue weighted by atomic mass is 16.3.